The number of carbonyl (C=O) groups excluding carboxylic acids is 1. The molecule has 1 saturated heterocycles. The van der Waals surface area contributed by atoms with Gasteiger partial charge < -0.3 is 10.2 Å². The van der Waals surface area contributed by atoms with Crippen molar-refractivity contribution in [1.82, 2.24) is 4.90 Å². The molecule has 138 valence electrons. The van der Waals surface area contributed by atoms with Crippen LogP contribution in [0.4, 0.5) is 5.69 Å². The van der Waals surface area contributed by atoms with Gasteiger partial charge in [0.25, 0.3) is 0 Å². The van der Waals surface area contributed by atoms with Crippen LogP contribution < -0.4 is 5.32 Å². The predicted octanol–water partition coefficient (Wildman–Crippen LogP) is 5.18. The smallest absolute Gasteiger partial charge is 0.224 e. The molecule has 25 heavy (non-hydrogen) atoms. The van der Waals surface area contributed by atoms with Crippen molar-refractivity contribution in [3.05, 3.63) is 29.8 Å². The Balaban J connectivity index is 1.41. The fraction of sp³-hybridized carbons (Fsp3) is 0.682. The van der Waals surface area contributed by atoms with E-state index in [1.165, 1.54) is 57.2 Å². The minimum absolute atomic E-state index is 0.145. The Hall–Kier alpha value is -1.35. The van der Waals surface area contributed by atoms with Crippen LogP contribution in [0.1, 0.15) is 76.7 Å². The van der Waals surface area contributed by atoms with Crippen molar-refractivity contribution >= 4 is 11.6 Å². The van der Waals surface area contributed by atoms with Gasteiger partial charge in [-0.3, -0.25) is 4.79 Å². The van der Waals surface area contributed by atoms with Crippen molar-refractivity contribution in [2.24, 2.45) is 5.41 Å². The lowest BCUT2D eigenvalue weighted by molar-refractivity contribution is -0.116. The van der Waals surface area contributed by atoms with Crippen molar-refractivity contribution in [3.8, 4) is 0 Å². The molecular formula is C22H34N2O. The molecule has 2 fully saturated rings. The maximum atomic E-state index is 12.1. The number of hydrogen-bond acceptors (Lipinski definition) is 2. The predicted molar refractivity (Wildman–Crippen MR) is 105 cm³/mol. The first kappa shape index (κ1) is 18.4. The largest absolute Gasteiger partial charge is 0.326 e. The highest BCUT2D eigenvalue weighted by atomic mass is 16.1. The van der Waals surface area contributed by atoms with Crippen LogP contribution in [0.2, 0.25) is 0 Å². The summed E-state index contributed by atoms with van der Waals surface area (Å²) in [6.07, 6.45) is 9.41. The summed E-state index contributed by atoms with van der Waals surface area (Å²) < 4.78 is 0. The Bertz CT molecular complexity index is 548. The van der Waals surface area contributed by atoms with E-state index in [0.717, 1.165) is 18.7 Å². The van der Waals surface area contributed by atoms with Gasteiger partial charge in [-0.25, -0.2) is 0 Å². The zero-order chi connectivity index (χ0) is 17.7. The minimum Gasteiger partial charge on any atom is -0.326 e. The lowest BCUT2D eigenvalue weighted by atomic mass is 9.71. The van der Waals surface area contributed by atoms with Gasteiger partial charge in [0.05, 0.1) is 0 Å². The number of benzene rings is 1. The molecule has 1 N–H and O–H groups in total. The first-order valence-electron chi connectivity index (χ1n) is 10.1. The van der Waals surface area contributed by atoms with Crippen LogP contribution in [0.3, 0.4) is 0 Å². The molecule has 0 aromatic heterocycles. The summed E-state index contributed by atoms with van der Waals surface area (Å²) in [5, 5.41) is 3.05. The SMILES string of the molecule is CC1(C)CCC(c2ccc(NC(=O)CCCN3CCCC3)cc2)CC1. The van der Waals surface area contributed by atoms with Gasteiger partial charge in [-0.1, -0.05) is 26.0 Å². The molecular weight excluding hydrogens is 308 g/mol. The Morgan fingerprint density at radius 3 is 2.40 bits per heavy atom. The van der Waals surface area contributed by atoms with Crippen molar-refractivity contribution in [3.63, 3.8) is 0 Å². The topological polar surface area (TPSA) is 32.3 Å². The van der Waals surface area contributed by atoms with Gasteiger partial charge in [-0.15, -0.1) is 0 Å². The summed E-state index contributed by atoms with van der Waals surface area (Å²) in [5.41, 5.74) is 2.88. The number of anilines is 1. The van der Waals surface area contributed by atoms with Crippen molar-refractivity contribution < 1.29 is 4.79 Å². The zero-order valence-corrected chi connectivity index (χ0v) is 16.0. The minimum atomic E-state index is 0.145. The second kappa shape index (κ2) is 8.35. The lowest BCUT2D eigenvalue weighted by Crippen LogP contribution is -2.22. The monoisotopic (exact) mass is 342 g/mol. The van der Waals surface area contributed by atoms with E-state index >= 15 is 0 Å². The van der Waals surface area contributed by atoms with Crippen LogP contribution in [-0.4, -0.2) is 30.4 Å². The highest BCUT2D eigenvalue weighted by Crippen LogP contribution is 2.42. The average Bonchev–Trinajstić information content (AvgIpc) is 3.09. The highest BCUT2D eigenvalue weighted by molar-refractivity contribution is 5.90. The number of hydrogen-bond donors (Lipinski definition) is 1. The third-order valence-electron chi connectivity index (χ3n) is 6.08. The first-order chi connectivity index (χ1) is 12.0. The number of nitrogens with one attached hydrogen (secondary N) is 1. The Morgan fingerprint density at radius 1 is 1.12 bits per heavy atom. The fourth-order valence-corrected chi connectivity index (χ4v) is 4.26. The number of nitrogens with zero attached hydrogens (tertiary/aromatic N) is 1. The van der Waals surface area contributed by atoms with E-state index < -0.39 is 0 Å². The molecule has 0 atom stereocenters. The van der Waals surface area contributed by atoms with Gasteiger partial charge in [0.1, 0.15) is 0 Å². The third kappa shape index (κ3) is 5.57. The molecule has 2 aliphatic rings. The molecule has 0 bridgehead atoms. The molecule has 3 rings (SSSR count). The Kier molecular flexibility index (Phi) is 6.16. The van der Waals surface area contributed by atoms with Crippen LogP contribution >= 0.6 is 0 Å². The van der Waals surface area contributed by atoms with E-state index in [-0.39, 0.29) is 5.91 Å². The molecule has 3 heteroatoms. The normalized spacial score (nSPS) is 21.4. The third-order valence-corrected chi connectivity index (χ3v) is 6.08. The number of rotatable bonds is 6. The maximum Gasteiger partial charge on any atom is 0.224 e. The summed E-state index contributed by atoms with van der Waals surface area (Å²) in [5.74, 6) is 0.838. The molecule has 3 nitrogen and oxygen atoms in total. The first-order valence-corrected chi connectivity index (χ1v) is 10.1. The number of amides is 1. The van der Waals surface area contributed by atoms with E-state index in [9.17, 15) is 4.79 Å². The summed E-state index contributed by atoms with van der Waals surface area (Å²) in [6, 6.07) is 8.58. The van der Waals surface area contributed by atoms with E-state index in [0.29, 0.717) is 17.8 Å². The summed E-state index contributed by atoms with van der Waals surface area (Å²) >= 11 is 0. The van der Waals surface area contributed by atoms with Gasteiger partial charge in [0.15, 0.2) is 0 Å². The van der Waals surface area contributed by atoms with Gasteiger partial charge in [0.2, 0.25) is 5.91 Å². The molecule has 1 aromatic rings. The van der Waals surface area contributed by atoms with Crippen LogP contribution in [0, 0.1) is 5.41 Å². The number of likely N-dealkylation sites (tertiary alicyclic amines) is 1. The van der Waals surface area contributed by atoms with Crippen LogP contribution in [0.5, 0.6) is 0 Å². The van der Waals surface area contributed by atoms with Crippen LogP contribution in [0.15, 0.2) is 24.3 Å². The molecule has 1 saturated carbocycles. The quantitative estimate of drug-likeness (QED) is 0.772. The molecule has 0 unspecified atom stereocenters. The van der Waals surface area contributed by atoms with Gasteiger partial charge in [0, 0.05) is 12.1 Å². The van der Waals surface area contributed by atoms with Crippen molar-refractivity contribution in [1.29, 1.82) is 0 Å². The summed E-state index contributed by atoms with van der Waals surface area (Å²) in [6.45, 7) is 8.24. The van der Waals surface area contributed by atoms with Crippen LogP contribution in [0.25, 0.3) is 0 Å². The molecule has 1 aromatic carbocycles. The fourth-order valence-electron chi connectivity index (χ4n) is 4.26. The molecule has 1 aliphatic carbocycles. The van der Waals surface area contributed by atoms with Gasteiger partial charge in [-0.05, 0) is 93.6 Å². The second-order valence-corrected chi connectivity index (χ2v) is 8.76. The molecule has 1 amide bonds. The Labute approximate surface area is 153 Å². The number of carbonyl (C=O) groups is 1. The lowest BCUT2D eigenvalue weighted by Gasteiger charge is -2.34. The van der Waals surface area contributed by atoms with E-state index in [2.05, 4.69) is 48.3 Å². The molecule has 0 radical (unpaired) electrons. The molecule has 1 heterocycles. The average molecular weight is 343 g/mol. The van der Waals surface area contributed by atoms with E-state index in [4.69, 9.17) is 0 Å². The zero-order valence-electron chi connectivity index (χ0n) is 16.0. The second-order valence-electron chi connectivity index (χ2n) is 8.76. The van der Waals surface area contributed by atoms with E-state index in [1.807, 2.05) is 0 Å². The Morgan fingerprint density at radius 2 is 1.76 bits per heavy atom. The molecule has 0 spiro atoms. The highest BCUT2D eigenvalue weighted by Gasteiger charge is 2.27. The van der Waals surface area contributed by atoms with Gasteiger partial charge >= 0.3 is 0 Å². The van der Waals surface area contributed by atoms with Crippen molar-refractivity contribution in [2.45, 2.75) is 71.1 Å². The van der Waals surface area contributed by atoms with Crippen molar-refractivity contribution in [2.75, 3.05) is 25.0 Å². The van der Waals surface area contributed by atoms with E-state index in [1.54, 1.807) is 0 Å². The standard InChI is InChI=1S/C22H34N2O/c1-22(2)13-11-19(12-14-22)18-7-9-20(10-8-18)23-21(25)6-5-17-24-15-3-4-16-24/h7-10,19H,3-6,11-17H2,1-2H3,(H,23,25). The summed E-state index contributed by atoms with van der Waals surface area (Å²) in [7, 11) is 0. The van der Waals surface area contributed by atoms with Gasteiger partial charge in [-0.2, -0.15) is 0 Å². The maximum absolute atomic E-state index is 12.1. The molecule has 1 aliphatic heterocycles. The summed E-state index contributed by atoms with van der Waals surface area (Å²) in [4.78, 5) is 14.6. The van der Waals surface area contributed by atoms with Crippen LogP contribution in [-0.2, 0) is 4.79 Å².